The predicted molar refractivity (Wildman–Crippen MR) is 33.8 cm³/mol. The molecule has 0 radical (unpaired) electrons. The van der Waals surface area contributed by atoms with Gasteiger partial charge in [0.15, 0.2) is 0 Å². The number of hydrogen-bond donors (Lipinski definition) is 1. The molecule has 2 fully saturated rings. The maximum atomic E-state index is 10.9. The summed E-state index contributed by atoms with van der Waals surface area (Å²) in [5.41, 5.74) is -1.15. The van der Waals surface area contributed by atoms with Gasteiger partial charge in [0.1, 0.15) is 0 Å². The molecule has 4 heteroatoms. The van der Waals surface area contributed by atoms with Crippen molar-refractivity contribution in [2.75, 3.05) is 0 Å². The molecule has 1 aliphatic heterocycles. The van der Waals surface area contributed by atoms with Crippen molar-refractivity contribution in [2.24, 2.45) is 5.92 Å². The van der Waals surface area contributed by atoms with E-state index < -0.39 is 11.6 Å². The standard InChI is InChI=1S/C7H8O4/c8-5-4-1-2-7(3-4,11-5)6(9)10/h4H,1-3H2,(H,9,10). The van der Waals surface area contributed by atoms with Gasteiger partial charge in [-0.25, -0.2) is 4.79 Å². The fourth-order valence-corrected chi connectivity index (χ4v) is 1.82. The van der Waals surface area contributed by atoms with E-state index in [1.165, 1.54) is 0 Å². The van der Waals surface area contributed by atoms with E-state index in [4.69, 9.17) is 9.84 Å². The molecule has 4 nitrogen and oxygen atoms in total. The Balaban J connectivity index is 2.30. The molecule has 0 aromatic carbocycles. The number of carboxylic acids is 1. The van der Waals surface area contributed by atoms with Crippen LogP contribution in [0, 0.1) is 5.92 Å². The van der Waals surface area contributed by atoms with Gasteiger partial charge in [0, 0.05) is 6.42 Å². The van der Waals surface area contributed by atoms with Crippen LogP contribution < -0.4 is 0 Å². The van der Waals surface area contributed by atoms with Crippen LogP contribution in [-0.2, 0) is 14.3 Å². The van der Waals surface area contributed by atoms with Crippen molar-refractivity contribution in [3.8, 4) is 0 Å². The van der Waals surface area contributed by atoms with Gasteiger partial charge in [-0.3, -0.25) is 4.79 Å². The minimum Gasteiger partial charge on any atom is -0.478 e. The molecule has 11 heavy (non-hydrogen) atoms. The quantitative estimate of drug-likeness (QED) is 0.549. The number of ether oxygens (including phenoxy) is 1. The lowest BCUT2D eigenvalue weighted by Gasteiger charge is -2.20. The molecule has 60 valence electrons. The minimum absolute atomic E-state index is 0.147. The minimum atomic E-state index is -1.15. The highest BCUT2D eigenvalue weighted by atomic mass is 16.6. The van der Waals surface area contributed by atoms with E-state index in [0.29, 0.717) is 19.3 Å². The first-order valence-electron chi connectivity index (χ1n) is 3.60. The molecular weight excluding hydrogens is 148 g/mol. The molecule has 1 saturated carbocycles. The van der Waals surface area contributed by atoms with Crippen LogP contribution in [0.2, 0.25) is 0 Å². The summed E-state index contributed by atoms with van der Waals surface area (Å²) in [6, 6.07) is 0. The van der Waals surface area contributed by atoms with Crippen LogP contribution in [0.1, 0.15) is 19.3 Å². The van der Waals surface area contributed by atoms with Gasteiger partial charge in [0.25, 0.3) is 0 Å². The van der Waals surface area contributed by atoms with E-state index in [-0.39, 0.29) is 11.9 Å². The number of rotatable bonds is 1. The number of aliphatic carboxylic acids is 1. The van der Waals surface area contributed by atoms with Crippen molar-refractivity contribution in [3.05, 3.63) is 0 Å². The number of carbonyl (C=O) groups is 2. The summed E-state index contributed by atoms with van der Waals surface area (Å²) in [4.78, 5) is 21.5. The molecule has 2 aliphatic rings. The fraction of sp³-hybridized carbons (Fsp3) is 0.714. The number of carbonyl (C=O) groups excluding carboxylic acids is 1. The van der Waals surface area contributed by atoms with Crippen molar-refractivity contribution in [3.63, 3.8) is 0 Å². The van der Waals surface area contributed by atoms with Crippen molar-refractivity contribution in [2.45, 2.75) is 24.9 Å². The first kappa shape index (κ1) is 6.64. The topological polar surface area (TPSA) is 63.6 Å². The van der Waals surface area contributed by atoms with E-state index in [1.54, 1.807) is 0 Å². The van der Waals surface area contributed by atoms with Crippen molar-refractivity contribution < 1.29 is 19.4 Å². The number of carboxylic acid groups (broad SMARTS) is 1. The monoisotopic (exact) mass is 156 g/mol. The Morgan fingerprint density at radius 3 is 2.73 bits per heavy atom. The third kappa shape index (κ3) is 0.692. The SMILES string of the molecule is O=C1OC2(C(=O)O)CCC1C2. The maximum Gasteiger partial charge on any atom is 0.348 e. The average molecular weight is 156 g/mol. The van der Waals surface area contributed by atoms with Gasteiger partial charge in [-0.2, -0.15) is 0 Å². The summed E-state index contributed by atoms with van der Waals surface area (Å²) in [5, 5.41) is 8.73. The molecular formula is C7H8O4. The zero-order valence-corrected chi connectivity index (χ0v) is 5.87. The highest BCUT2D eigenvalue weighted by Gasteiger charge is 2.57. The third-order valence-electron chi connectivity index (χ3n) is 2.49. The van der Waals surface area contributed by atoms with Gasteiger partial charge in [0.2, 0.25) is 5.60 Å². The van der Waals surface area contributed by atoms with E-state index in [0.717, 1.165) is 0 Å². The second kappa shape index (κ2) is 1.75. The molecule has 1 heterocycles. The molecule has 2 rings (SSSR count). The van der Waals surface area contributed by atoms with E-state index in [1.807, 2.05) is 0 Å². The van der Waals surface area contributed by atoms with Crippen molar-refractivity contribution in [1.29, 1.82) is 0 Å². The summed E-state index contributed by atoms with van der Waals surface area (Å²) in [7, 11) is 0. The average Bonchev–Trinajstić information content (AvgIpc) is 2.44. The van der Waals surface area contributed by atoms with Crippen molar-refractivity contribution in [1.82, 2.24) is 0 Å². The number of esters is 1. The zero-order chi connectivity index (χ0) is 8.06. The lowest BCUT2D eigenvalue weighted by atomic mass is 10.0. The summed E-state index contributed by atoms with van der Waals surface area (Å²) in [6.45, 7) is 0. The van der Waals surface area contributed by atoms with Gasteiger partial charge < -0.3 is 9.84 Å². The smallest absolute Gasteiger partial charge is 0.348 e. The van der Waals surface area contributed by atoms with Gasteiger partial charge in [0.05, 0.1) is 5.92 Å². The zero-order valence-electron chi connectivity index (χ0n) is 5.87. The molecule has 0 spiro atoms. The van der Waals surface area contributed by atoms with Crippen LogP contribution in [0.3, 0.4) is 0 Å². The Bertz CT molecular complexity index is 235. The molecule has 2 unspecified atom stereocenters. The number of fused-ring (bicyclic) bond motifs is 2. The van der Waals surface area contributed by atoms with Crippen LogP contribution in [0.4, 0.5) is 0 Å². The van der Waals surface area contributed by atoms with Gasteiger partial charge in [-0.05, 0) is 12.8 Å². The number of hydrogen-bond acceptors (Lipinski definition) is 3. The summed E-state index contributed by atoms with van der Waals surface area (Å²) < 4.78 is 4.77. The molecule has 2 bridgehead atoms. The Morgan fingerprint density at radius 1 is 1.73 bits per heavy atom. The third-order valence-corrected chi connectivity index (χ3v) is 2.49. The lowest BCUT2D eigenvalue weighted by Crippen LogP contribution is -2.37. The molecule has 1 aliphatic carbocycles. The second-order valence-electron chi connectivity index (χ2n) is 3.16. The molecule has 0 aromatic rings. The van der Waals surface area contributed by atoms with Gasteiger partial charge in [-0.15, -0.1) is 0 Å². The first-order chi connectivity index (χ1) is 5.14. The molecule has 0 amide bonds. The van der Waals surface area contributed by atoms with Crippen LogP contribution in [0.25, 0.3) is 0 Å². The highest BCUT2D eigenvalue weighted by molar-refractivity contribution is 5.88. The highest BCUT2D eigenvalue weighted by Crippen LogP contribution is 2.45. The van der Waals surface area contributed by atoms with E-state index in [2.05, 4.69) is 0 Å². The summed E-state index contributed by atoms with van der Waals surface area (Å²) >= 11 is 0. The van der Waals surface area contributed by atoms with Crippen LogP contribution in [-0.4, -0.2) is 22.6 Å². The fourth-order valence-electron chi connectivity index (χ4n) is 1.82. The Labute approximate surface area is 63.1 Å². The second-order valence-corrected chi connectivity index (χ2v) is 3.16. The Morgan fingerprint density at radius 2 is 2.45 bits per heavy atom. The van der Waals surface area contributed by atoms with Crippen LogP contribution >= 0.6 is 0 Å². The Kier molecular flexibility index (Phi) is 1.06. The largest absolute Gasteiger partial charge is 0.478 e. The Hall–Kier alpha value is -1.06. The van der Waals surface area contributed by atoms with Crippen molar-refractivity contribution >= 4 is 11.9 Å². The van der Waals surface area contributed by atoms with Gasteiger partial charge in [-0.1, -0.05) is 0 Å². The van der Waals surface area contributed by atoms with E-state index >= 15 is 0 Å². The lowest BCUT2D eigenvalue weighted by molar-refractivity contribution is -0.173. The molecule has 1 saturated heterocycles. The molecule has 0 aromatic heterocycles. The molecule has 2 atom stereocenters. The predicted octanol–water partition coefficient (Wildman–Crippen LogP) is 0.167. The van der Waals surface area contributed by atoms with Gasteiger partial charge >= 0.3 is 11.9 Å². The van der Waals surface area contributed by atoms with Crippen LogP contribution in [0.15, 0.2) is 0 Å². The first-order valence-corrected chi connectivity index (χ1v) is 3.60. The molecule has 1 N–H and O–H groups in total. The van der Waals surface area contributed by atoms with Crippen LogP contribution in [0.5, 0.6) is 0 Å². The summed E-state index contributed by atoms with van der Waals surface area (Å²) in [5.74, 6) is -1.48. The van der Waals surface area contributed by atoms with E-state index in [9.17, 15) is 9.59 Å². The summed E-state index contributed by atoms with van der Waals surface area (Å²) in [6.07, 6.45) is 1.53. The maximum absolute atomic E-state index is 10.9. The normalized spacial score (nSPS) is 40.7.